The molecule has 0 unspecified atom stereocenters. The molecular weight excluding hydrogens is 128 g/mol. The minimum absolute atomic E-state index is 0.864. The average Bonchev–Trinajstić information content (AvgIpc) is 2.36. The molecule has 4 nitrogen and oxygen atoms in total. The molecule has 2 heterocycles. The molecule has 52 valence electrons. The topological polar surface area (TPSA) is 47.1 Å². The lowest BCUT2D eigenvalue weighted by Gasteiger charge is -2.18. The molecule has 0 amide bonds. The molecule has 0 atom stereocenters. The first-order chi connectivity index (χ1) is 4.88. The van der Waals surface area contributed by atoms with Gasteiger partial charge in [-0.15, -0.1) is 0 Å². The summed E-state index contributed by atoms with van der Waals surface area (Å²) in [5, 5.41) is 1.55. The van der Waals surface area contributed by atoms with Gasteiger partial charge >= 0.3 is 0 Å². The van der Waals surface area contributed by atoms with Crippen LogP contribution in [-0.2, 0) is 6.54 Å². The van der Waals surface area contributed by atoms with Gasteiger partial charge in [-0.25, -0.2) is 10.8 Å². The van der Waals surface area contributed by atoms with Crippen molar-refractivity contribution >= 4 is 5.82 Å². The molecular formula is C6H8N4. The fourth-order valence-corrected chi connectivity index (χ4v) is 1.02. The summed E-state index contributed by atoms with van der Waals surface area (Å²) in [6.07, 6.45) is 7.31. The van der Waals surface area contributed by atoms with Crippen molar-refractivity contribution in [1.29, 1.82) is 0 Å². The smallest absolute Gasteiger partial charge is 0.147 e. The van der Waals surface area contributed by atoms with E-state index in [1.807, 2.05) is 16.8 Å². The third-order valence-electron chi connectivity index (χ3n) is 1.52. The second-order valence-corrected chi connectivity index (χ2v) is 2.20. The molecule has 0 saturated heterocycles. The number of aromatic nitrogens is 2. The lowest BCUT2D eigenvalue weighted by Crippen LogP contribution is -2.28. The van der Waals surface area contributed by atoms with Crippen LogP contribution in [0, 0.1) is 0 Å². The van der Waals surface area contributed by atoms with E-state index in [1.54, 1.807) is 17.5 Å². The molecule has 0 aliphatic carbocycles. The zero-order valence-electron chi connectivity index (χ0n) is 5.44. The number of nitrogens with zero attached hydrogens (tertiary/aromatic N) is 3. The van der Waals surface area contributed by atoms with E-state index in [0.717, 1.165) is 12.4 Å². The second-order valence-electron chi connectivity index (χ2n) is 2.20. The van der Waals surface area contributed by atoms with Crippen molar-refractivity contribution in [2.45, 2.75) is 6.54 Å². The van der Waals surface area contributed by atoms with Crippen molar-refractivity contribution in [3.8, 4) is 0 Å². The maximum absolute atomic E-state index is 5.58. The molecule has 0 aromatic carbocycles. The normalized spacial score (nSPS) is 15.5. The van der Waals surface area contributed by atoms with Gasteiger partial charge in [0.15, 0.2) is 0 Å². The largest absolute Gasteiger partial charge is 0.312 e. The van der Waals surface area contributed by atoms with E-state index in [0.29, 0.717) is 0 Å². The number of hydrazine groups is 1. The molecule has 1 aliphatic heterocycles. The number of hydrogen-bond acceptors (Lipinski definition) is 3. The summed E-state index contributed by atoms with van der Waals surface area (Å²) in [6, 6.07) is 0. The SMILES string of the molecule is NN1C=CCn2cncc21. The maximum atomic E-state index is 5.58. The summed E-state index contributed by atoms with van der Waals surface area (Å²) in [5.41, 5.74) is 0. The van der Waals surface area contributed by atoms with Crippen LogP contribution >= 0.6 is 0 Å². The average molecular weight is 136 g/mol. The van der Waals surface area contributed by atoms with Crippen molar-refractivity contribution in [1.82, 2.24) is 9.55 Å². The number of nitrogens with two attached hydrogens (primary N) is 1. The minimum Gasteiger partial charge on any atom is -0.312 e. The summed E-state index contributed by atoms with van der Waals surface area (Å²) in [5.74, 6) is 6.51. The zero-order valence-corrected chi connectivity index (χ0v) is 5.44. The Morgan fingerprint density at radius 1 is 1.60 bits per heavy atom. The number of fused-ring (bicyclic) bond motifs is 1. The van der Waals surface area contributed by atoms with Gasteiger partial charge in [0, 0.05) is 12.7 Å². The molecule has 1 aromatic rings. The van der Waals surface area contributed by atoms with Crippen LogP contribution in [0.2, 0.25) is 0 Å². The van der Waals surface area contributed by atoms with Gasteiger partial charge in [0.25, 0.3) is 0 Å². The van der Waals surface area contributed by atoms with Gasteiger partial charge in [-0.3, -0.25) is 5.01 Å². The summed E-state index contributed by atoms with van der Waals surface area (Å²) in [7, 11) is 0. The number of imidazole rings is 1. The van der Waals surface area contributed by atoms with Crippen LogP contribution in [0.5, 0.6) is 0 Å². The van der Waals surface area contributed by atoms with Crippen molar-refractivity contribution in [3.63, 3.8) is 0 Å². The fourth-order valence-electron chi connectivity index (χ4n) is 1.02. The van der Waals surface area contributed by atoms with E-state index in [4.69, 9.17) is 5.84 Å². The number of allylic oxidation sites excluding steroid dienone is 1. The van der Waals surface area contributed by atoms with Crippen LogP contribution in [-0.4, -0.2) is 9.55 Å². The van der Waals surface area contributed by atoms with E-state index >= 15 is 0 Å². The van der Waals surface area contributed by atoms with Gasteiger partial charge in [-0.05, 0) is 6.08 Å². The molecule has 1 aromatic heterocycles. The monoisotopic (exact) mass is 136 g/mol. The van der Waals surface area contributed by atoms with E-state index in [-0.39, 0.29) is 0 Å². The predicted molar refractivity (Wildman–Crippen MR) is 38.0 cm³/mol. The Hall–Kier alpha value is -1.29. The van der Waals surface area contributed by atoms with Crippen LogP contribution in [0.25, 0.3) is 0 Å². The van der Waals surface area contributed by atoms with Gasteiger partial charge < -0.3 is 4.57 Å². The van der Waals surface area contributed by atoms with Crippen LogP contribution < -0.4 is 10.9 Å². The summed E-state index contributed by atoms with van der Waals surface area (Å²) in [6.45, 7) is 0.864. The molecule has 10 heavy (non-hydrogen) atoms. The van der Waals surface area contributed by atoms with E-state index in [2.05, 4.69) is 4.98 Å². The van der Waals surface area contributed by atoms with E-state index < -0.39 is 0 Å². The highest BCUT2D eigenvalue weighted by Gasteiger charge is 2.07. The van der Waals surface area contributed by atoms with Crippen LogP contribution in [0.15, 0.2) is 24.8 Å². The Kier molecular flexibility index (Phi) is 1.01. The second kappa shape index (κ2) is 1.85. The first kappa shape index (κ1) is 5.49. The molecule has 4 heteroatoms. The Labute approximate surface area is 58.5 Å². The standard InChI is InChI=1S/C6H8N4/c7-10-3-1-2-9-5-8-4-6(9)10/h1,3-5H,2,7H2. The number of hydrogen-bond donors (Lipinski definition) is 1. The molecule has 0 fully saturated rings. The molecule has 2 rings (SSSR count). The van der Waals surface area contributed by atoms with Gasteiger partial charge in [0.05, 0.1) is 12.5 Å². The van der Waals surface area contributed by atoms with Crippen molar-refractivity contribution in [3.05, 3.63) is 24.8 Å². The third kappa shape index (κ3) is 0.625. The van der Waals surface area contributed by atoms with Gasteiger partial charge in [0.1, 0.15) is 5.82 Å². The molecule has 1 aliphatic rings. The van der Waals surface area contributed by atoms with Crippen LogP contribution in [0.1, 0.15) is 0 Å². The first-order valence-electron chi connectivity index (χ1n) is 3.08. The van der Waals surface area contributed by atoms with Crippen molar-refractivity contribution in [2.24, 2.45) is 5.84 Å². The lowest BCUT2D eigenvalue weighted by molar-refractivity contribution is 0.769. The first-order valence-corrected chi connectivity index (χ1v) is 3.08. The predicted octanol–water partition coefficient (Wildman–Crippen LogP) is 0.0905. The third-order valence-corrected chi connectivity index (χ3v) is 1.52. The highest BCUT2D eigenvalue weighted by molar-refractivity contribution is 5.41. The Morgan fingerprint density at radius 3 is 3.30 bits per heavy atom. The maximum Gasteiger partial charge on any atom is 0.147 e. The molecule has 0 saturated carbocycles. The quantitative estimate of drug-likeness (QED) is 0.514. The Morgan fingerprint density at radius 2 is 2.50 bits per heavy atom. The summed E-state index contributed by atoms with van der Waals surface area (Å²) >= 11 is 0. The highest BCUT2D eigenvalue weighted by atomic mass is 15.4. The molecule has 0 radical (unpaired) electrons. The van der Waals surface area contributed by atoms with Gasteiger partial charge in [-0.2, -0.15) is 0 Å². The number of rotatable bonds is 0. The van der Waals surface area contributed by atoms with Crippen LogP contribution in [0.4, 0.5) is 5.82 Å². The van der Waals surface area contributed by atoms with Crippen molar-refractivity contribution in [2.75, 3.05) is 5.01 Å². The molecule has 0 spiro atoms. The van der Waals surface area contributed by atoms with E-state index in [1.165, 1.54) is 0 Å². The lowest BCUT2D eigenvalue weighted by atomic mass is 10.5. The zero-order chi connectivity index (χ0) is 6.97. The van der Waals surface area contributed by atoms with Crippen molar-refractivity contribution < 1.29 is 0 Å². The molecule has 2 N–H and O–H groups in total. The summed E-state index contributed by atoms with van der Waals surface area (Å²) in [4.78, 5) is 3.96. The van der Waals surface area contributed by atoms with Gasteiger partial charge in [-0.1, -0.05) is 0 Å². The highest BCUT2D eigenvalue weighted by Crippen LogP contribution is 2.13. The Bertz CT molecular complexity index is 262. The molecule has 0 bridgehead atoms. The van der Waals surface area contributed by atoms with E-state index in [9.17, 15) is 0 Å². The minimum atomic E-state index is 0.864. The Balaban J connectivity index is 2.48. The summed E-state index contributed by atoms with van der Waals surface area (Å²) < 4.78 is 1.97. The number of anilines is 1. The van der Waals surface area contributed by atoms with Gasteiger partial charge in [0.2, 0.25) is 0 Å². The van der Waals surface area contributed by atoms with Crippen LogP contribution in [0.3, 0.4) is 0 Å². The fraction of sp³-hybridized carbons (Fsp3) is 0.167.